The van der Waals surface area contributed by atoms with Crippen LogP contribution in [0.4, 0.5) is 0 Å². The molecule has 0 saturated carbocycles. The molecular formula is C10H18ClNO. The van der Waals surface area contributed by atoms with Gasteiger partial charge in [-0.15, -0.1) is 11.6 Å². The number of hydrogen-bond acceptors (Lipinski definition) is 2. The maximum Gasteiger partial charge on any atom is 0.0804 e. The molecule has 0 radical (unpaired) electrons. The molecule has 0 bridgehead atoms. The third-order valence-electron chi connectivity index (χ3n) is 1.91. The van der Waals surface area contributed by atoms with Crippen LogP contribution in [0.5, 0.6) is 0 Å². The quantitative estimate of drug-likeness (QED) is 0.530. The second-order valence-electron chi connectivity index (χ2n) is 2.69. The molecule has 1 unspecified atom stereocenters. The van der Waals surface area contributed by atoms with Crippen LogP contribution in [0, 0.1) is 0 Å². The van der Waals surface area contributed by atoms with Crippen molar-refractivity contribution in [1.82, 2.24) is 5.32 Å². The molecule has 3 heteroatoms. The normalized spacial score (nSPS) is 15.8. The molecule has 1 atom stereocenters. The standard InChI is InChI=1S/C10H18ClNO/c1-4-9(12-3)8(6-7-11)10(13)5-2/h4,6,10,12-13H,5,7H2,1-3H3/b8-6+,9-4+. The van der Waals surface area contributed by atoms with Gasteiger partial charge in [-0.25, -0.2) is 0 Å². The fourth-order valence-corrected chi connectivity index (χ4v) is 1.35. The summed E-state index contributed by atoms with van der Waals surface area (Å²) in [6.45, 7) is 3.87. The van der Waals surface area contributed by atoms with Gasteiger partial charge in [0, 0.05) is 24.2 Å². The van der Waals surface area contributed by atoms with Gasteiger partial charge in [-0.05, 0) is 13.3 Å². The highest BCUT2D eigenvalue weighted by atomic mass is 35.5. The zero-order valence-corrected chi connectivity index (χ0v) is 9.23. The van der Waals surface area contributed by atoms with Gasteiger partial charge in [0.05, 0.1) is 6.10 Å². The van der Waals surface area contributed by atoms with Gasteiger partial charge >= 0.3 is 0 Å². The fourth-order valence-electron chi connectivity index (χ4n) is 1.18. The monoisotopic (exact) mass is 203 g/mol. The molecule has 0 aliphatic rings. The molecule has 0 aromatic heterocycles. The van der Waals surface area contributed by atoms with Crippen molar-refractivity contribution in [2.75, 3.05) is 12.9 Å². The van der Waals surface area contributed by atoms with Crippen LogP contribution < -0.4 is 5.32 Å². The van der Waals surface area contributed by atoms with E-state index in [2.05, 4.69) is 5.32 Å². The first-order chi connectivity index (χ1) is 6.21. The van der Waals surface area contributed by atoms with E-state index >= 15 is 0 Å². The van der Waals surface area contributed by atoms with Crippen molar-refractivity contribution in [1.29, 1.82) is 0 Å². The second-order valence-corrected chi connectivity index (χ2v) is 3.00. The topological polar surface area (TPSA) is 32.3 Å². The molecule has 0 heterocycles. The summed E-state index contributed by atoms with van der Waals surface area (Å²) in [5, 5.41) is 12.7. The predicted octanol–water partition coefficient (Wildman–Crippen LogP) is 2.05. The predicted molar refractivity (Wildman–Crippen MR) is 57.9 cm³/mol. The highest BCUT2D eigenvalue weighted by Crippen LogP contribution is 2.14. The van der Waals surface area contributed by atoms with Gasteiger partial charge in [-0.1, -0.05) is 19.1 Å². The molecule has 0 aromatic carbocycles. The Labute approximate surface area is 85.3 Å². The van der Waals surface area contributed by atoms with Crippen molar-refractivity contribution in [3.05, 3.63) is 23.4 Å². The van der Waals surface area contributed by atoms with E-state index in [0.29, 0.717) is 12.3 Å². The van der Waals surface area contributed by atoms with Crippen LogP contribution in [0.25, 0.3) is 0 Å². The summed E-state index contributed by atoms with van der Waals surface area (Å²) < 4.78 is 0. The Bertz CT molecular complexity index is 199. The summed E-state index contributed by atoms with van der Waals surface area (Å²) >= 11 is 5.61. The Kier molecular flexibility index (Phi) is 6.73. The summed E-state index contributed by atoms with van der Waals surface area (Å²) in [6.07, 6.45) is 4.03. The maximum absolute atomic E-state index is 9.67. The van der Waals surface area contributed by atoms with Crippen molar-refractivity contribution in [3.8, 4) is 0 Å². The summed E-state index contributed by atoms with van der Waals surface area (Å²) in [6, 6.07) is 0. The number of likely N-dealkylation sites (N-methyl/N-ethyl adjacent to an activating group) is 1. The average Bonchev–Trinajstić information content (AvgIpc) is 2.17. The van der Waals surface area contributed by atoms with E-state index in [9.17, 15) is 5.11 Å². The lowest BCUT2D eigenvalue weighted by Gasteiger charge is -2.16. The first-order valence-corrected chi connectivity index (χ1v) is 5.03. The largest absolute Gasteiger partial charge is 0.388 e. The van der Waals surface area contributed by atoms with Crippen LogP contribution in [-0.2, 0) is 0 Å². The van der Waals surface area contributed by atoms with Crippen molar-refractivity contribution < 1.29 is 5.11 Å². The van der Waals surface area contributed by atoms with Gasteiger partial charge in [-0.2, -0.15) is 0 Å². The van der Waals surface area contributed by atoms with Crippen molar-refractivity contribution in [2.45, 2.75) is 26.4 Å². The van der Waals surface area contributed by atoms with Crippen LogP contribution in [0.15, 0.2) is 23.4 Å². The lowest BCUT2D eigenvalue weighted by atomic mass is 10.0. The van der Waals surface area contributed by atoms with Crippen LogP contribution in [-0.4, -0.2) is 24.1 Å². The van der Waals surface area contributed by atoms with E-state index in [1.165, 1.54) is 0 Å². The van der Waals surface area contributed by atoms with Gasteiger partial charge in [0.25, 0.3) is 0 Å². The van der Waals surface area contributed by atoms with E-state index in [4.69, 9.17) is 11.6 Å². The molecule has 2 N–H and O–H groups in total. The lowest BCUT2D eigenvalue weighted by Crippen LogP contribution is -2.18. The summed E-state index contributed by atoms with van der Waals surface area (Å²) in [4.78, 5) is 0. The van der Waals surface area contributed by atoms with E-state index in [-0.39, 0.29) is 0 Å². The minimum atomic E-state index is -0.433. The Morgan fingerprint density at radius 3 is 2.54 bits per heavy atom. The summed E-state index contributed by atoms with van der Waals surface area (Å²) in [5.41, 5.74) is 1.82. The van der Waals surface area contributed by atoms with Gasteiger partial charge in [0.15, 0.2) is 0 Å². The zero-order valence-electron chi connectivity index (χ0n) is 8.47. The number of alkyl halides is 1. The van der Waals surface area contributed by atoms with E-state index in [1.807, 2.05) is 33.0 Å². The minimum absolute atomic E-state index is 0.422. The minimum Gasteiger partial charge on any atom is -0.388 e. The number of aliphatic hydroxyl groups is 1. The fraction of sp³-hybridized carbons (Fsp3) is 0.600. The SMILES string of the molecule is C/C=C(NC)\C(=C/CCl)C(O)CC. The first-order valence-electron chi connectivity index (χ1n) is 4.49. The number of rotatable bonds is 5. The number of hydrogen-bond donors (Lipinski definition) is 2. The van der Waals surface area contributed by atoms with Crippen LogP contribution in [0.2, 0.25) is 0 Å². The average molecular weight is 204 g/mol. The van der Waals surface area contributed by atoms with Crippen LogP contribution in [0.1, 0.15) is 20.3 Å². The van der Waals surface area contributed by atoms with E-state index < -0.39 is 6.10 Å². The molecule has 0 fully saturated rings. The maximum atomic E-state index is 9.67. The molecule has 0 rings (SSSR count). The smallest absolute Gasteiger partial charge is 0.0804 e. The molecule has 0 aliphatic carbocycles. The molecule has 13 heavy (non-hydrogen) atoms. The van der Waals surface area contributed by atoms with Gasteiger partial charge in [0.2, 0.25) is 0 Å². The van der Waals surface area contributed by atoms with Crippen molar-refractivity contribution >= 4 is 11.6 Å². The van der Waals surface area contributed by atoms with Crippen LogP contribution in [0.3, 0.4) is 0 Å². The van der Waals surface area contributed by atoms with Crippen molar-refractivity contribution in [2.24, 2.45) is 0 Å². The molecule has 0 aromatic rings. The zero-order chi connectivity index (χ0) is 10.3. The Hall–Kier alpha value is -0.470. The van der Waals surface area contributed by atoms with E-state index in [0.717, 1.165) is 11.3 Å². The summed E-state index contributed by atoms with van der Waals surface area (Å²) in [7, 11) is 1.83. The Morgan fingerprint density at radius 1 is 1.62 bits per heavy atom. The van der Waals surface area contributed by atoms with Gasteiger partial charge < -0.3 is 10.4 Å². The molecule has 76 valence electrons. The van der Waals surface area contributed by atoms with Crippen molar-refractivity contribution in [3.63, 3.8) is 0 Å². The molecule has 0 aliphatic heterocycles. The second kappa shape index (κ2) is 6.98. The van der Waals surface area contributed by atoms with Gasteiger partial charge in [-0.3, -0.25) is 0 Å². The molecular weight excluding hydrogens is 186 g/mol. The third-order valence-corrected chi connectivity index (χ3v) is 2.07. The molecule has 2 nitrogen and oxygen atoms in total. The summed E-state index contributed by atoms with van der Waals surface area (Å²) in [5.74, 6) is 0.422. The number of aliphatic hydroxyl groups excluding tert-OH is 1. The lowest BCUT2D eigenvalue weighted by molar-refractivity contribution is 0.207. The van der Waals surface area contributed by atoms with E-state index in [1.54, 1.807) is 0 Å². The first kappa shape index (κ1) is 12.5. The molecule has 0 amide bonds. The van der Waals surface area contributed by atoms with Crippen LogP contribution >= 0.6 is 11.6 Å². The third kappa shape index (κ3) is 3.83. The highest BCUT2D eigenvalue weighted by molar-refractivity contribution is 6.19. The molecule has 0 spiro atoms. The Balaban J connectivity index is 4.70. The number of halogens is 1. The van der Waals surface area contributed by atoms with Gasteiger partial charge in [0.1, 0.15) is 0 Å². The highest BCUT2D eigenvalue weighted by Gasteiger charge is 2.10. The number of nitrogens with one attached hydrogen (secondary N) is 1. The Morgan fingerprint density at radius 2 is 2.23 bits per heavy atom. The number of allylic oxidation sites excluding steroid dienone is 2. The molecule has 0 saturated heterocycles.